The molecular weight excluding hydrogens is 758 g/mol. The third kappa shape index (κ3) is 5.87. The number of phenols is 1. The maximum absolute atomic E-state index is 11.7. The van der Waals surface area contributed by atoms with Crippen molar-refractivity contribution in [2.24, 2.45) is 0 Å². The first-order valence-electron chi connectivity index (χ1n) is 16.3. The van der Waals surface area contributed by atoms with Crippen molar-refractivity contribution in [2.45, 2.75) is 77.6 Å². The Morgan fingerprint density at radius 3 is 2.06 bits per heavy atom. The van der Waals surface area contributed by atoms with Gasteiger partial charge in [0.2, 0.25) is 0 Å². The molecule has 47 heavy (non-hydrogen) atoms. The number of aromatic nitrogens is 3. The summed E-state index contributed by atoms with van der Waals surface area (Å²) in [5.74, 6) is 0.988. The fourth-order valence-electron chi connectivity index (χ4n) is 6.93. The number of para-hydroxylation sites is 2. The molecule has 0 spiro atoms. The van der Waals surface area contributed by atoms with Gasteiger partial charge >= 0.3 is 0 Å². The molecule has 0 saturated heterocycles. The fraction of sp³-hybridized carbons (Fsp3) is 0.286. The minimum Gasteiger partial charge on any atom is -0.507 e. The van der Waals surface area contributed by atoms with Gasteiger partial charge in [-0.3, -0.25) is 9.55 Å². The number of rotatable bonds is 4. The first-order valence-corrected chi connectivity index (χ1v) is 16.3. The molecule has 0 fully saturated rings. The van der Waals surface area contributed by atoms with E-state index in [1.54, 1.807) is 0 Å². The SMILES string of the molecule is CC(C)(C)c1cc(-c2ccccn2)[c-]c(-c2cccc3c2nc(-c2cc4c(cc2O)C(C)(C)CCC4(C)C)n3-c2ccccc2)c1.[Pt]. The third-order valence-corrected chi connectivity index (χ3v) is 9.88. The Kier molecular flexibility index (Phi) is 8.33. The van der Waals surface area contributed by atoms with Crippen molar-refractivity contribution in [3.63, 3.8) is 0 Å². The van der Waals surface area contributed by atoms with E-state index in [1.807, 2.05) is 48.7 Å². The van der Waals surface area contributed by atoms with Gasteiger partial charge in [0.25, 0.3) is 0 Å². The zero-order valence-corrected chi connectivity index (χ0v) is 30.5. The molecule has 2 aromatic heterocycles. The molecule has 5 heteroatoms. The van der Waals surface area contributed by atoms with Gasteiger partial charge in [0.15, 0.2) is 0 Å². The molecule has 6 aromatic rings. The second-order valence-corrected chi connectivity index (χ2v) is 15.1. The molecule has 1 aliphatic rings. The average molecular weight is 800 g/mol. The molecule has 1 aliphatic carbocycles. The number of hydrogen-bond donors (Lipinski definition) is 1. The summed E-state index contributed by atoms with van der Waals surface area (Å²) in [5.41, 5.74) is 11.0. The van der Waals surface area contributed by atoms with Gasteiger partial charge in [-0.15, -0.1) is 29.3 Å². The molecule has 0 unspecified atom stereocenters. The van der Waals surface area contributed by atoms with Crippen molar-refractivity contribution >= 4 is 11.0 Å². The smallest absolute Gasteiger partial charge is 0.148 e. The number of benzene rings is 4. The second-order valence-electron chi connectivity index (χ2n) is 15.1. The average Bonchev–Trinajstić information content (AvgIpc) is 3.43. The van der Waals surface area contributed by atoms with E-state index < -0.39 is 0 Å². The zero-order valence-electron chi connectivity index (χ0n) is 28.3. The van der Waals surface area contributed by atoms with Gasteiger partial charge in [-0.05, 0) is 76.6 Å². The topological polar surface area (TPSA) is 50.9 Å². The Balaban J connectivity index is 0.00000386. The molecule has 4 aromatic carbocycles. The van der Waals surface area contributed by atoms with E-state index in [9.17, 15) is 5.11 Å². The summed E-state index contributed by atoms with van der Waals surface area (Å²) in [6, 6.07) is 35.0. The Morgan fingerprint density at radius 2 is 1.40 bits per heavy atom. The second kappa shape index (κ2) is 11.9. The van der Waals surface area contributed by atoms with Crippen LogP contribution in [0.25, 0.3) is 50.5 Å². The molecule has 7 rings (SSSR count). The number of aromatic hydroxyl groups is 1. The van der Waals surface area contributed by atoms with Crippen LogP contribution in [0.5, 0.6) is 5.75 Å². The van der Waals surface area contributed by atoms with Crippen molar-refractivity contribution in [1.82, 2.24) is 14.5 Å². The van der Waals surface area contributed by atoms with Crippen LogP contribution >= 0.6 is 0 Å². The molecule has 0 atom stereocenters. The number of fused-ring (bicyclic) bond motifs is 2. The normalized spacial score (nSPS) is 15.2. The summed E-state index contributed by atoms with van der Waals surface area (Å²) in [6.07, 6.45) is 4.01. The Hall–Kier alpha value is -4.01. The van der Waals surface area contributed by atoms with Crippen molar-refractivity contribution in [3.05, 3.63) is 120 Å². The minimum atomic E-state index is -0.0780. The number of nitrogens with zero attached hydrogens (tertiary/aromatic N) is 3. The van der Waals surface area contributed by atoms with Gasteiger partial charge in [0.1, 0.15) is 11.6 Å². The molecule has 1 N–H and O–H groups in total. The summed E-state index contributed by atoms with van der Waals surface area (Å²) in [4.78, 5) is 10.0. The van der Waals surface area contributed by atoms with Crippen LogP contribution in [0, 0.1) is 6.07 Å². The molecule has 242 valence electrons. The van der Waals surface area contributed by atoms with Crippen LogP contribution in [0.2, 0.25) is 0 Å². The fourth-order valence-corrected chi connectivity index (χ4v) is 6.93. The molecule has 4 nitrogen and oxygen atoms in total. The summed E-state index contributed by atoms with van der Waals surface area (Å²) in [7, 11) is 0. The predicted molar refractivity (Wildman–Crippen MR) is 190 cm³/mol. The summed E-state index contributed by atoms with van der Waals surface area (Å²) < 4.78 is 2.19. The Morgan fingerprint density at radius 1 is 0.745 bits per heavy atom. The maximum Gasteiger partial charge on any atom is 0.148 e. The predicted octanol–water partition coefficient (Wildman–Crippen LogP) is 10.6. The van der Waals surface area contributed by atoms with Crippen molar-refractivity contribution in [3.8, 4) is 45.2 Å². The van der Waals surface area contributed by atoms with Crippen LogP contribution in [0.3, 0.4) is 0 Å². The summed E-state index contributed by atoms with van der Waals surface area (Å²) in [6.45, 7) is 15.9. The number of hydrogen-bond acceptors (Lipinski definition) is 3. The number of imidazole rings is 1. The van der Waals surface area contributed by atoms with Crippen LogP contribution < -0.4 is 0 Å². The first-order chi connectivity index (χ1) is 21.8. The van der Waals surface area contributed by atoms with Crippen LogP contribution in [-0.2, 0) is 37.3 Å². The first kappa shape index (κ1) is 32.9. The van der Waals surface area contributed by atoms with E-state index in [-0.39, 0.29) is 43.1 Å². The van der Waals surface area contributed by atoms with Gasteiger partial charge in [0.05, 0.1) is 16.6 Å². The van der Waals surface area contributed by atoms with Crippen molar-refractivity contribution in [2.75, 3.05) is 0 Å². The monoisotopic (exact) mass is 799 g/mol. The van der Waals surface area contributed by atoms with Gasteiger partial charge < -0.3 is 5.11 Å². The molecule has 0 saturated carbocycles. The maximum atomic E-state index is 11.7. The molecule has 2 heterocycles. The standard InChI is InChI=1S/C42H42N3O.Pt/c1-40(2,3)29-23-27(22-28(24-29)35-17-11-12-21-43-35)31-16-13-18-36-38(31)44-39(45(36)30-14-9-8-10-15-30)32-25-33-34(26-37(32)46)42(6,7)20-19-41(33,4)5;/h8-18,21,23-26,46H,19-20H2,1-7H3;/q-1;. The Bertz CT molecular complexity index is 2090. The van der Waals surface area contributed by atoms with Crippen LogP contribution in [0.4, 0.5) is 0 Å². The third-order valence-electron chi connectivity index (χ3n) is 9.88. The van der Waals surface area contributed by atoms with E-state index in [0.29, 0.717) is 0 Å². The molecule has 0 amide bonds. The number of phenolic OH excluding ortho intramolecular Hbond substituents is 1. The van der Waals surface area contributed by atoms with Gasteiger partial charge in [-0.25, -0.2) is 4.98 Å². The van der Waals surface area contributed by atoms with Gasteiger partial charge in [0, 0.05) is 38.6 Å². The van der Waals surface area contributed by atoms with Crippen molar-refractivity contribution < 1.29 is 26.2 Å². The molecular formula is C42H42N3OPt-. The number of pyridine rings is 1. The van der Waals surface area contributed by atoms with Crippen LogP contribution in [-0.4, -0.2) is 19.6 Å². The largest absolute Gasteiger partial charge is 0.507 e. The van der Waals surface area contributed by atoms with Crippen LogP contribution in [0.1, 0.15) is 78.0 Å². The van der Waals surface area contributed by atoms with E-state index in [2.05, 4.69) is 113 Å². The van der Waals surface area contributed by atoms with Crippen molar-refractivity contribution in [1.29, 1.82) is 0 Å². The molecule has 0 aliphatic heterocycles. The van der Waals surface area contributed by atoms with E-state index in [4.69, 9.17) is 4.98 Å². The summed E-state index contributed by atoms with van der Waals surface area (Å²) >= 11 is 0. The zero-order chi connectivity index (χ0) is 32.4. The van der Waals surface area contributed by atoms with Gasteiger partial charge in [-0.1, -0.05) is 102 Å². The van der Waals surface area contributed by atoms with Crippen LogP contribution in [0.15, 0.2) is 97.2 Å². The molecule has 0 radical (unpaired) electrons. The van der Waals surface area contributed by atoms with E-state index >= 15 is 0 Å². The van der Waals surface area contributed by atoms with Gasteiger partial charge in [-0.2, -0.15) is 0 Å². The van der Waals surface area contributed by atoms with E-state index in [0.717, 1.165) is 63.3 Å². The quantitative estimate of drug-likeness (QED) is 0.181. The Labute approximate surface area is 293 Å². The summed E-state index contributed by atoms with van der Waals surface area (Å²) in [5, 5.41) is 11.7. The molecule has 0 bridgehead atoms. The van der Waals surface area contributed by atoms with E-state index in [1.165, 1.54) is 16.7 Å². The minimum absolute atomic E-state index is 0.